The third-order valence-corrected chi connectivity index (χ3v) is 5.90. The number of likely N-dealkylation sites (tertiary alicyclic amines) is 1. The first-order valence-corrected chi connectivity index (χ1v) is 9.48. The zero-order valence-electron chi connectivity index (χ0n) is 15.5. The molecule has 1 fully saturated rings. The summed E-state index contributed by atoms with van der Waals surface area (Å²) in [6, 6.07) is 5.64. The molecular formula is C21H19ClFNO5. The molecule has 1 saturated heterocycles. The van der Waals surface area contributed by atoms with E-state index in [4.69, 9.17) is 16.0 Å². The first-order chi connectivity index (χ1) is 13.8. The van der Waals surface area contributed by atoms with E-state index >= 15 is 0 Å². The minimum absolute atomic E-state index is 0.00378. The summed E-state index contributed by atoms with van der Waals surface area (Å²) in [5.74, 6) is -1.51. The highest BCUT2D eigenvalue weighted by Gasteiger charge is 2.36. The van der Waals surface area contributed by atoms with Gasteiger partial charge in [-0.3, -0.25) is 4.79 Å². The zero-order valence-corrected chi connectivity index (χ0v) is 16.3. The molecule has 0 aliphatic carbocycles. The van der Waals surface area contributed by atoms with Crippen molar-refractivity contribution < 1.29 is 24.1 Å². The normalized spacial score (nSPS) is 19.9. The molecular weight excluding hydrogens is 401 g/mol. The Labute approximate surface area is 170 Å². The summed E-state index contributed by atoms with van der Waals surface area (Å²) in [6.45, 7) is 0.528. The van der Waals surface area contributed by atoms with Gasteiger partial charge >= 0.3 is 0 Å². The van der Waals surface area contributed by atoms with Crippen molar-refractivity contribution in [3.63, 3.8) is 0 Å². The van der Waals surface area contributed by atoms with Gasteiger partial charge in [0.15, 0.2) is 5.43 Å². The Morgan fingerprint density at radius 2 is 2.00 bits per heavy atom. The van der Waals surface area contributed by atoms with Gasteiger partial charge in [-0.25, -0.2) is 4.39 Å². The number of hydrogen-bond acceptors (Lipinski definition) is 6. The van der Waals surface area contributed by atoms with Crippen LogP contribution in [0.5, 0.6) is 11.5 Å². The lowest BCUT2D eigenvalue weighted by Gasteiger charge is -2.24. The molecule has 2 aromatic carbocycles. The van der Waals surface area contributed by atoms with Crippen LogP contribution in [0, 0.1) is 5.82 Å². The van der Waals surface area contributed by atoms with Crippen LogP contribution in [0.1, 0.15) is 17.9 Å². The number of hydrogen-bond donors (Lipinski definition) is 3. The van der Waals surface area contributed by atoms with Crippen LogP contribution in [-0.4, -0.2) is 46.5 Å². The maximum Gasteiger partial charge on any atom is 0.197 e. The lowest BCUT2D eigenvalue weighted by molar-refractivity contribution is 0.172. The molecule has 0 saturated carbocycles. The van der Waals surface area contributed by atoms with Gasteiger partial charge in [-0.05, 0) is 38.2 Å². The van der Waals surface area contributed by atoms with Crippen LogP contribution in [0.15, 0.2) is 39.5 Å². The number of fused-ring (bicyclic) bond motifs is 1. The molecule has 4 rings (SSSR count). The number of rotatable bonds is 3. The van der Waals surface area contributed by atoms with E-state index in [2.05, 4.69) is 0 Å². The van der Waals surface area contributed by atoms with Crippen LogP contribution in [0.4, 0.5) is 4.39 Å². The molecule has 2 heterocycles. The highest BCUT2D eigenvalue weighted by Crippen LogP contribution is 2.44. The van der Waals surface area contributed by atoms with Crippen molar-refractivity contribution in [1.82, 2.24) is 4.90 Å². The predicted molar refractivity (Wildman–Crippen MR) is 107 cm³/mol. The van der Waals surface area contributed by atoms with Gasteiger partial charge < -0.3 is 24.6 Å². The van der Waals surface area contributed by atoms with Crippen molar-refractivity contribution in [2.75, 3.05) is 20.2 Å². The molecule has 0 bridgehead atoms. The van der Waals surface area contributed by atoms with Gasteiger partial charge in [0.25, 0.3) is 0 Å². The van der Waals surface area contributed by atoms with E-state index < -0.39 is 17.0 Å². The summed E-state index contributed by atoms with van der Waals surface area (Å²) in [7, 11) is 1.86. The Hall–Kier alpha value is -2.61. The molecule has 2 atom stereocenters. The number of phenolic OH excluding ortho intramolecular Hbond substituents is 2. The lowest BCUT2D eigenvalue weighted by atomic mass is 9.89. The average molecular weight is 420 g/mol. The van der Waals surface area contributed by atoms with E-state index in [0.717, 1.165) is 18.2 Å². The molecule has 0 unspecified atom stereocenters. The van der Waals surface area contributed by atoms with Crippen LogP contribution in [0.2, 0.25) is 5.02 Å². The minimum Gasteiger partial charge on any atom is -0.507 e. The summed E-state index contributed by atoms with van der Waals surface area (Å²) >= 11 is 6.16. The Kier molecular flexibility index (Phi) is 4.98. The van der Waals surface area contributed by atoms with Gasteiger partial charge in [0.1, 0.15) is 34.0 Å². The molecule has 0 amide bonds. The Bertz CT molecular complexity index is 1160. The highest BCUT2D eigenvalue weighted by atomic mass is 35.5. The number of aliphatic hydroxyl groups excluding tert-OH is 1. The fourth-order valence-corrected chi connectivity index (χ4v) is 4.32. The molecule has 1 aliphatic heterocycles. The van der Waals surface area contributed by atoms with Gasteiger partial charge in [-0.1, -0.05) is 11.6 Å². The number of likely N-dealkylation sites (N-methyl/N-ethyl adjacent to an activating group) is 1. The second-order valence-corrected chi connectivity index (χ2v) is 7.66. The fourth-order valence-electron chi connectivity index (χ4n) is 4.11. The highest BCUT2D eigenvalue weighted by molar-refractivity contribution is 6.33. The molecule has 152 valence electrons. The Morgan fingerprint density at radius 1 is 1.24 bits per heavy atom. The number of nitrogens with zero attached hydrogens (tertiary/aromatic N) is 1. The zero-order chi connectivity index (χ0) is 20.9. The molecule has 1 aliphatic rings. The van der Waals surface area contributed by atoms with Crippen LogP contribution in [0.25, 0.3) is 22.3 Å². The number of halogens is 2. The molecule has 3 aromatic rings. The smallest absolute Gasteiger partial charge is 0.197 e. The van der Waals surface area contributed by atoms with E-state index in [1.807, 2.05) is 11.9 Å². The predicted octanol–water partition coefficient (Wildman–Crippen LogP) is 3.44. The van der Waals surface area contributed by atoms with Crippen LogP contribution in [-0.2, 0) is 0 Å². The Morgan fingerprint density at radius 3 is 2.72 bits per heavy atom. The average Bonchev–Trinajstić information content (AvgIpc) is 3.03. The summed E-state index contributed by atoms with van der Waals surface area (Å²) in [6.07, 6.45) is 0.615. The van der Waals surface area contributed by atoms with Gasteiger partial charge in [0.05, 0.1) is 11.6 Å². The van der Waals surface area contributed by atoms with Crippen molar-refractivity contribution in [2.45, 2.75) is 18.4 Å². The maximum atomic E-state index is 13.7. The quantitative estimate of drug-likeness (QED) is 0.602. The summed E-state index contributed by atoms with van der Waals surface area (Å²) in [5, 5.41) is 30.8. The molecule has 6 nitrogen and oxygen atoms in total. The van der Waals surface area contributed by atoms with Gasteiger partial charge in [-0.2, -0.15) is 0 Å². The maximum absolute atomic E-state index is 13.7. The van der Waals surface area contributed by atoms with Crippen LogP contribution < -0.4 is 5.43 Å². The lowest BCUT2D eigenvalue weighted by Crippen LogP contribution is -2.32. The standard InChI is InChI=1S/C21H19ClFNO5/c1-24-5-4-11(14(24)9-25)19-15(26)7-16(27)20-17(28)8-18(29-21(19)20)12-6-10(23)2-3-13(12)22/h2-3,6-8,11,14,25-27H,4-5,9H2,1H3/t11-,14+/m0/s1. The molecule has 8 heteroatoms. The van der Waals surface area contributed by atoms with Crippen molar-refractivity contribution in [3.05, 3.63) is 57.0 Å². The molecule has 29 heavy (non-hydrogen) atoms. The third-order valence-electron chi connectivity index (χ3n) is 5.57. The topological polar surface area (TPSA) is 94.1 Å². The third kappa shape index (κ3) is 3.25. The first kappa shape index (κ1) is 19.7. The monoisotopic (exact) mass is 419 g/mol. The second-order valence-electron chi connectivity index (χ2n) is 7.26. The van der Waals surface area contributed by atoms with Crippen molar-refractivity contribution >= 4 is 22.6 Å². The summed E-state index contributed by atoms with van der Waals surface area (Å²) < 4.78 is 19.7. The summed E-state index contributed by atoms with van der Waals surface area (Å²) in [5.41, 5.74) is -0.0364. The van der Waals surface area contributed by atoms with Crippen LogP contribution in [0.3, 0.4) is 0 Å². The largest absolute Gasteiger partial charge is 0.507 e. The van der Waals surface area contributed by atoms with E-state index in [1.165, 1.54) is 12.1 Å². The minimum atomic E-state index is -0.552. The van der Waals surface area contributed by atoms with Gasteiger partial charge in [-0.15, -0.1) is 0 Å². The summed E-state index contributed by atoms with van der Waals surface area (Å²) in [4.78, 5) is 14.7. The van der Waals surface area contributed by atoms with Crippen LogP contribution >= 0.6 is 11.6 Å². The molecule has 1 aromatic heterocycles. The number of phenols is 2. The van der Waals surface area contributed by atoms with E-state index in [0.29, 0.717) is 18.5 Å². The van der Waals surface area contributed by atoms with Crippen molar-refractivity contribution in [2.24, 2.45) is 0 Å². The van der Waals surface area contributed by atoms with Crippen molar-refractivity contribution in [3.8, 4) is 22.8 Å². The molecule has 3 N–H and O–H groups in total. The first-order valence-electron chi connectivity index (χ1n) is 9.11. The van der Waals surface area contributed by atoms with Gasteiger partial charge in [0.2, 0.25) is 0 Å². The van der Waals surface area contributed by atoms with Gasteiger partial charge in [0, 0.05) is 35.2 Å². The SMILES string of the molecule is CN1CC[C@H](c2c(O)cc(O)c3c(=O)cc(-c4cc(F)ccc4Cl)oc23)[C@H]1CO. The number of aromatic hydroxyl groups is 2. The van der Waals surface area contributed by atoms with E-state index in [1.54, 1.807) is 0 Å². The molecule has 0 spiro atoms. The fraction of sp³-hybridized carbons (Fsp3) is 0.286. The number of aliphatic hydroxyl groups is 1. The second kappa shape index (κ2) is 7.33. The van der Waals surface area contributed by atoms with Crippen molar-refractivity contribution in [1.29, 1.82) is 0 Å². The van der Waals surface area contributed by atoms with E-state index in [9.17, 15) is 24.5 Å². The molecule has 0 radical (unpaired) electrons. The number of benzene rings is 2. The van der Waals surface area contributed by atoms with E-state index in [-0.39, 0.29) is 51.6 Å². The Balaban J connectivity index is 2.03.